The number of nitrogens with zero attached hydrogens (tertiary/aromatic N) is 1. The summed E-state index contributed by atoms with van der Waals surface area (Å²) in [5, 5.41) is 0. The summed E-state index contributed by atoms with van der Waals surface area (Å²) in [6, 6.07) is 2.02. The van der Waals surface area contributed by atoms with Crippen molar-refractivity contribution in [3.63, 3.8) is 0 Å². The average Bonchev–Trinajstić information content (AvgIpc) is 2.18. The van der Waals surface area contributed by atoms with Gasteiger partial charge in [0.15, 0.2) is 0 Å². The van der Waals surface area contributed by atoms with E-state index in [-0.39, 0.29) is 5.56 Å². The monoisotopic (exact) mass is 205 g/mol. The van der Waals surface area contributed by atoms with Crippen molar-refractivity contribution in [2.24, 2.45) is 11.8 Å². The summed E-state index contributed by atoms with van der Waals surface area (Å²) in [4.78, 5) is 12.0. The molecule has 2 heteroatoms. The van der Waals surface area contributed by atoms with Crippen LogP contribution in [0.5, 0.6) is 0 Å². The highest BCUT2D eigenvalue weighted by atomic mass is 16.1. The maximum atomic E-state index is 12.0. The van der Waals surface area contributed by atoms with E-state index in [1.807, 2.05) is 17.6 Å². The Balaban J connectivity index is 2.62. The van der Waals surface area contributed by atoms with E-state index in [0.717, 1.165) is 18.5 Å². The quantitative estimate of drug-likeness (QED) is 0.637. The second-order valence-electron chi connectivity index (χ2n) is 5.03. The number of rotatable bonds is 0. The van der Waals surface area contributed by atoms with Gasteiger partial charge in [-0.05, 0) is 43.7 Å². The minimum Gasteiger partial charge on any atom is -0.312 e. The maximum absolute atomic E-state index is 12.0. The van der Waals surface area contributed by atoms with Crippen molar-refractivity contribution < 1.29 is 0 Å². The van der Waals surface area contributed by atoms with Crippen molar-refractivity contribution in [1.29, 1.82) is 0 Å². The second kappa shape index (κ2) is 3.51. The van der Waals surface area contributed by atoms with Gasteiger partial charge < -0.3 is 4.57 Å². The van der Waals surface area contributed by atoms with Crippen LogP contribution in [0.3, 0.4) is 0 Å². The van der Waals surface area contributed by atoms with Gasteiger partial charge in [-0.25, -0.2) is 0 Å². The third-order valence-electron chi connectivity index (χ3n) is 3.75. The smallest absolute Gasteiger partial charge is 0.253 e. The van der Waals surface area contributed by atoms with Gasteiger partial charge in [0.1, 0.15) is 0 Å². The molecule has 82 valence electrons. The summed E-state index contributed by atoms with van der Waals surface area (Å²) in [5.74, 6) is 1.29. The molecule has 0 saturated heterocycles. The predicted molar refractivity (Wildman–Crippen MR) is 62.2 cm³/mol. The highest BCUT2D eigenvalue weighted by molar-refractivity contribution is 5.26. The Morgan fingerprint density at radius 1 is 1.20 bits per heavy atom. The SMILES string of the molecule is Cc1cc(C)c(=O)n2c1CC(C)C(C)C2. The van der Waals surface area contributed by atoms with Crippen molar-refractivity contribution in [1.82, 2.24) is 4.57 Å². The molecule has 0 N–H and O–H groups in total. The molecule has 1 aromatic heterocycles. The van der Waals surface area contributed by atoms with E-state index in [2.05, 4.69) is 20.8 Å². The van der Waals surface area contributed by atoms with Crippen LogP contribution in [-0.2, 0) is 13.0 Å². The molecule has 1 aromatic rings. The van der Waals surface area contributed by atoms with Gasteiger partial charge in [0, 0.05) is 17.8 Å². The molecule has 2 rings (SSSR count). The lowest BCUT2D eigenvalue weighted by Crippen LogP contribution is -2.35. The van der Waals surface area contributed by atoms with Crippen molar-refractivity contribution in [3.05, 3.63) is 33.2 Å². The molecule has 1 aliphatic heterocycles. The zero-order valence-electron chi connectivity index (χ0n) is 10.0. The van der Waals surface area contributed by atoms with E-state index >= 15 is 0 Å². The van der Waals surface area contributed by atoms with Crippen LogP contribution in [0.2, 0.25) is 0 Å². The molecule has 0 saturated carbocycles. The van der Waals surface area contributed by atoms with Crippen molar-refractivity contribution >= 4 is 0 Å². The molecule has 2 atom stereocenters. The predicted octanol–water partition coefficient (Wildman–Crippen LogP) is 2.29. The third kappa shape index (κ3) is 1.62. The van der Waals surface area contributed by atoms with Crippen LogP contribution in [0.4, 0.5) is 0 Å². The van der Waals surface area contributed by atoms with E-state index in [1.54, 1.807) is 0 Å². The molecule has 2 nitrogen and oxygen atoms in total. The first-order chi connectivity index (χ1) is 7.00. The molecule has 0 radical (unpaired) electrons. The van der Waals surface area contributed by atoms with Gasteiger partial charge in [0.25, 0.3) is 5.56 Å². The maximum Gasteiger partial charge on any atom is 0.253 e. The summed E-state index contributed by atoms with van der Waals surface area (Å²) in [7, 11) is 0. The second-order valence-corrected chi connectivity index (χ2v) is 5.03. The Hall–Kier alpha value is -1.05. The van der Waals surface area contributed by atoms with Crippen LogP contribution in [0, 0.1) is 25.7 Å². The van der Waals surface area contributed by atoms with Crippen LogP contribution in [0.1, 0.15) is 30.7 Å². The normalized spacial score (nSPS) is 25.1. The summed E-state index contributed by atoms with van der Waals surface area (Å²) >= 11 is 0. The van der Waals surface area contributed by atoms with Crippen LogP contribution in [-0.4, -0.2) is 4.57 Å². The van der Waals surface area contributed by atoms with Crippen LogP contribution < -0.4 is 5.56 Å². The Labute approximate surface area is 90.9 Å². The number of hydrogen-bond donors (Lipinski definition) is 0. The molecule has 0 aliphatic carbocycles. The summed E-state index contributed by atoms with van der Waals surface area (Å²) < 4.78 is 1.98. The lowest BCUT2D eigenvalue weighted by Gasteiger charge is -2.30. The standard InChI is InChI=1S/C13H19NO/c1-8-6-12-9(2)5-10(3)13(15)14(12)7-11(8)4/h5,8,11H,6-7H2,1-4H3. The fourth-order valence-corrected chi connectivity index (χ4v) is 2.46. The summed E-state index contributed by atoms with van der Waals surface area (Å²) in [6.07, 6.45) is 1.04. The van der Waals surface area contributed by atoms with E-state index in [0.29, 0.717) is 11.8 Å². The summed E-state index contributed by atoms with van der Waals surface area (Å²) in [6.45, 7) is 9.42. The highest BCUT2D eigenvalue weighted by Gasteiger charge is 2.24. The highest BCUT2D eigenvalue weighted by Crippen LogP contribution is 2.25. The Morgan fingerprint density at radius 2 is 1.87 bits per heavy atom. The number of aryl methyl sites for hydroxylation is 2. The molecule has 2 unspecified atom stereocenters. The lowest BCUT2D eigenvalue weighted by atomic mass is 9.86. The Bertz CT molecular complexity index is 445. The largest absolute Gasteiger partial charge is 0.312 e. The third-order valence-corrected chi connectivity index (χ3v) is 3.75. The van der Waals surface area contributed by atoms with Crippen LogP contribution in [0.15, 0.2) is 10.9 Å². The fourth-order valence-electron chi connectivity index (χ4n) is 2.46. The average molecular weight is 205 g/mol. The Kier molecular flexibility index (Phi) is 2.45. The molecule has 0 amide bonds. The van der Waals surface area contributed by atoms with Crippen LogP contribution >= 0.6 is 0 Å². The van der Waals surface area contributed by atoms with Crippen molar-refractivity contribution in [2.75, 3.05) is 0 Å². The number of aromatic nitrogens is 1. The van der Waals surface area contributed by atoms with Gasteiger partial charge >= 0.3 is 0 Å². The molecule has 0 bridgehead atoms. The Morgan fingerprint density at radius 3 is 2.53 bits per heavy atom. The van der Waals surface area contributed by atoms with Gasteiger partial charge in [-0.3, -0.25) is 4.79 Å². The van der Waals surface area contributed by atoms with Gasteiger partial charge in [-0.1, -0.05) is 13.8 Å². The van der Waals surface area contributed by atoms with E-state index < -0.39 is 0 Å². The van der Waals surface area contributed by atoms with Gasteiger partial charge in [0.2, 0.25) is 0 Å². The van der Waals surface area contributed by atoms with E-state index in [9.17, 15) is 4.79 Å². The number of hydrogen-bond acceptors (Lipinski definition) is 1. The lowest BCUT2D eigenvalue weighted by molar-refractivity contribution is 0.287. The summed E-state index contributed by atoms with van der Waals surface area (Å²) in [5.41, 5.74) is 3.59. The topological polar surface area (TPSA) is 22.0 Å². The van der Waals surface area contributed by atoms with E-state index in [1.165, 1.54) is 11.3 Å². The zero-order valence-corrected chi connectivity index (χ0v) is 10.0. The molecule has 0 spiro atoms. The van der Waals surface area contributed by atoms with Gasteiger partial charge in [-0.2, -0.15) is 0 Å². The first-order valence-electron chi connectivity index (χ1n) is 5.70. The molecule has 2 heterocycles. The zero-order chi connectivity index (χ0) is 11.2. The van der Waals surface area contributed by atoms with Crippen molar-refractivity contribution in [3.8, 4) is 0 Å². The molecular weight excluding hydrogens is 186 g/mol. The molecule has 0 aromatic carbocycles. The first-order valence-corrected chi connectivity index (χ1v) is 5.70. The molecule has 1 aliphatic rings. The minimum atomic E-state index is 0.203. The number of pyridine rings is 1. The first kappa shape index (κ1) is 10.5. The van der Waals surface area contributed by atoms with E-state index in [4.69, 9.17) is 0 Å². The van der Waals surface area contributed by atoms with Crippen molar-refractivity contribution in [2.45, 2.75) is 40.7 Å². The van der Waals surface area contributed by atoms with Crippen LogP contribution in [0.25, 0.3) is 0 Å². The van der Waals surface area contributed by atoms with Gasteiger partial charge in [0.05, 0.1) is 0 Å². The molecular formula is C13H19NO. The van der Waals surface area contributed by atoms with Gasteiger partial charge in [-0.15, -0.1) is 0 Å². The minimum absolute atomic E-state index is 0.203. The number of fused-ring (bicyclic) bond motifs is 1. The fraction of sp³-hybridized carbons (Fsp3) is 0.615. The molecule has 15 heavy (non-hydrogen) atoms. The molecule has 0 fully saturated rings.